The van der Waals surface area contributed by atoms with Crippen LogP contribution in [0.3, 0.4) is 0 Å². The molecule has 8 heteroatoms. The lowest BCUT2D eigenvalue weighted by Crippen LogP contribution is -2.09. The van der Waals surface area contributed by atoms with Gasteiger partial charge in [-0.3, -0.25) is 14.8 Å². The van der Waals surface area contributed by atoms with Gasteiger partial charge in [0.05, 0.1) is 11.1 Å². The van der Waals surface area contributed by atoms with Crippen molar-refractivity contribution in [3.8, 4) is 6.07 Å². The van der Waals surface area contributed by atoms with Gasteiger partial charge >= 0.3 is 5.69 Å². The van der Waals surface area contributed by atoms with E-state index in [4.69, 9.17) is 5.26 Å². The van der Waals surface area contributed by atoms with Crippen molar-refractivity contribution in [2.45, 2.75) is 13.0 Å². The topological polar surface area (TPSA) is 110 Å². The van der Waals surface area contributed by atoms with E-state index in [9.17, 15) is 10.1 Å². The van der Waals surface area contributed by atoms with Crippen molar-refractivity contribution >= 4 is 11.4 Å². The number of hydrogen-bond acceptors (Lipinski definition) is 6. The minimum absolute atomic E-state index is 0.0521. The smallest absolute Gasteiger partial charge is 0.309 e. The molecule has 0 fully saturated rings. The van der Waals surface area contributed by atoms with E-state index in [2.05, 4.69) is 15.6 Å². The van der Waals surface area contributed by atoms with Crippen LogP contribution in [-0.4, -0.2) is 26.5 Å². The average molecular weight is 272 g/mol. The maximum Gasteiger partial charge on any atom is 0.309 e. The Morgan fingerprint density at radius 2 is 2.35 bits per heavy atom. The van der Waals surface area contributed by atoms with Crippen LogP contribution in [0.2, 0.25) is 0 Å². The summed E-state index contributed by atoms with van der Waals surface area (Å²) in [5.74, 6) is 0. The number of nitrogens with one attached hydrogen (secondary N) is 1. The molecule has 102 valence electrons. The molecule has 1 heterocycles. The van der Waals surface area contributed by atoms with Crippen LogP contribution in [0.4, 0.5) is 11.4 Å². The van der Waals surface area contributed by atoms with Gasteiger partial charge in [-0.05, 0) is 18.6 Å². The minimum Gasteiger partial charge on any atom is -0.379 e. The Labute approximate surface area is 114 Å². The molecule has 8 nitrogen and oxygen atoms in total. The lowest BCUT2D eigenvalue weighted by Gasteiger charge is -2.07. The summed E-state index contributed by atoms with van der Waals surface area (Å²) in [6.45, 7) is 1.20. The predicted molar refractivity (Wildman–Crippen MR) is 70.9 cm³/mol. The van der Waals surface area contributed by atoms with Crippen LogP contribution >= 0.6 is 0 Å². The molecule has 2 rings (SSSR count). The zero-order valence-electron chi connectivity index (χ0n) is 10.6. The molecule has 0 aliphatic carbocycles. The van der Waals surface area contributed by atoms with Gasteiger partial charge in [0.15, 0.2) is 0 Å². The third-order valence-corrected chi connectivity index (χ3v) is 2.69. The van der Waals surface area contributed by atoms with E-state index in [1.54, 1.807) is 29.2 Å². The van der Waals surface area contributed by atoms with Gasteiger partial charge in [-0.25, -0.2) is 0 Å². The van der Waals surface area contributed by atoms with E-state index < -0.39 is 4.92 Å². The Hall–Kier alpha value is -2.95. The molecule has 1 N–H and O–H groups in total. The highest BCUT2D eigenvalue weighted by Gasteiger charge is 2.18. The van der Waals surface area contributed by atoms with Crippen LogP contribution in [0.5, 0.6) is 0 Å². The second kappa shape index (κ2) is 6.29. The summed E-state index contributed by atoms with van der Waals surface area (Å²) in [5, 5.41) is 30.4. The molecule has 20 heavy (non-hydrogen) atoms. The Kier molecular flexibility index (Phi) is 4.24. The van der Waals surface area contributed by atoms with E-state index in [1.807, 2.05) is 6.07 Å². The summed E-state index contributed by atoms with van der Waals surface area (Å²) in [7, 11) is 0. The maximum atomic E-state index is 11.0. The first kappa shape index (κ1) is 13.5. The van der Waals surface area contributed by atoms with Crippen molar-refractivity contribution in [1.29, 1.82) is 5.26 Å². The molecule has 0 aliphatic heterocycles. The highest BCUT2D eigenvalue weighted by Crippen LogP contribution is 2.27. The van der Waals surface area contributed by atoms with E-state index in [0.717, 1.165) is 6.42 Å². The van der Waals surface area contributed by atoms with Crippen LogP contribution in [0, 0.1) is 21.4 Å². The molecule has 0 aliphatic rings. The quantitative estimate of drug-likeness (QED) is 0.485. The van der Waals surface area contributed by atoms with Crippen LogP contribution in [0.15, 0.2) is 30.6 Å². The van der Waals surface area contributed by atoms with Gasteiger partial charge in [0, 0.05) is 19.3 Å². The van der Waals surface area contributed by atoms with Crippen LogP contribution in [-0.2, 0) is 6.54 Å². The number of rotatable bonds is 6. The predicted octanol–water partition coefficient (Wildman–Crippen LogP) is 1.56. The summed E-state index contributed by atoms with van der Waals surface area (Å²) in [5.41, 5.74) is 0.222. The zero-order valence-corrected chi connectivity index (χ0v) is 10.6. The fourth-order valence-electron chi connectivity index (χ4n) is 1.79. The number of anilines is 1. The third kappa shape index (κ3) is 3.08. The van der Waals surface area contributed by atoms with Gasteiger partial charge in [-0.15, -0.1) is 5.10 Å². The highest BCUT2D eigenvalue weighted by molar-refractivity contribution is 5.68. The fraction of sp³-hybridized carbons (Fsp3) is 0.250. The number of aryl methyl sites for hydroxylation is 1. The summed E-state index contributed by atoms with van der Waals surface area (Å²) in [6, 6.07) is 6.46. The molecule has 0 amide bonds. The van der Waals surface area contributed by atoms with Crippen LogP contribution in [0.25, 0.3) is 0 Å². The fourth-order valence-corrected chi connectivity index (χ4v) is 1.79. The first-order valence-electron chi connectivity index (χ1n) is 5.98. The first-order chi connectivity index (χ1) is 9.72. The number of nitro benzene ring substituents is 1. The third-order valence-electron chi connectivity index (χ3n) is 2.69. The van der Waals surface area contributed by atoms with Gasteiger partial charge in [-0.1, -0.05) is 11.3 Å². The normalized spacial score (nSPS) is 9.95. The van der Waals surface area contributed by atoms with Gasteiger partial charge in [0.1, 0.15) is 17.3 Å². The van der Waals surface area contributed by atoms with Gasteiger partial charge < -0.3 is 5.32 Å². The maximum absolute atomic E-state index is 11.0. The number of nitriles is 1. The summed E-state index contributed by atoms with van der Waals surface area (Å²) < 4.78 is 1.68. The molecule has 0 bridgehead atoms. The number of nitro groups is 1. The number of hydrogen-bond donors (Lipinski definition) is 1. The molecule has 2 aromatic rings. The first-order valence-corrected chi connectivity index (χ1v) is 5.98. The largest absolute Gasteiger partial charge is 0.379 e. The number of nitrogens with zero attached hydrogens (tertiary/aromatic N) is 5. The molecule has 1 aromatic carbocycles. The molecule has 0 unspecified atom stereocenters. The number of benzene rings is 1. The lowest BCUT2D eigenvalue weighted by molar-refractivity contribution is -0.384. The Morgan fingerprint density at radius 1 is 1.50 bits per heavy atom. The van der Waals surface area contributed by atoms with Crippen molar-refractivity contribution in [3.05, 3.63) is 46.3 Å². The van der Waals surface area contributed by atoms with Crippen LogP contribution < -0.4 is 5.32 Å². The van der Waals surface area contributed by atoms with E-state index in [-0.39, 0.29) is 11.3 Å². The minimum atomic E-state index is -0.543. The Morgan fingerprint density at radius 3 is 3.00 bits per heavy atom. The molecule has 1 aromatic heterocycles. The van der Waals surface area contributed by atoms with Crippen molar-refractivity contribution in [2.24, 2.45) is 0 Å². The monoisotopic (exact) mass is 272 g/mol. The Bertz CT molecular complexity index is 632. The molecule has 0 spiro atoms. The highest BCUT2D eigenvalue weighted by atomic mass is 16.6. The zero-order chi connectivity index (χ0) is 14.4. The van der Waals surface area contributed by atoms with Crippen molar-refractivity contribution in [1.82, 2.24) is 15.0 Å². The lowest BCUT2D eigenvalue weighted by atomic mass is 10.1. The molecule has 0 radical (unpaired) electrons. The van der Waals surface area contributed by atoms with E-state index in [0.29, 0.717) is 18.8 Å². The van der Waals surface area contributed by atoms with Crippen molar-refractivity contribution < 1.29 is 4.92 Å². The van der Waals surface area contributed by atoms with E-state index in [1.165, 1.54) is 6.07 Å². The Balaban J connectivity index is 1.99. The van der Waals surface area contributed by atoms with Gasteiger partial charge in [0.25, 0.3) is 0 Å². The van der Waals surface area contributed by atoms with Gasteiger partial charge in [-0.2, -0.15) is 5.26 Å². The van der Waals surface area contributed by atoms with Crippen molar-refractivity contribution in [3.63, 3.8) is 0 Å². The summed E-state index contributed by atoms with van der Waals surface area (Å²) in [4.78, 5) is 10.5. The molecule has 0 saturated heterocycles. The second-order valence-corrected chi connectivity index (χ2v) is 4.02. The standard InChI is InChI=1S/C12H12N6O2/c13-9-10-3-1-4-11(12(10)18(19)20)14-5-2-7-17-8-6-15-16-17/h1,3-4,6,8,14H,2,5,7H2. The molecule has 0 atom stereocenters. The second-order valence-electron chi connectivity index (χ2n) is 4.02. The number of aromatic nitrogens is 3. The molecular weight excluding hydrogens is 260 g/mol. The number of para-hydroxylation sites is 1. The van der Waals surface area contributed by atoms with Crippen molar-refractivity contribution in [2.75, 3.05) is 11.9 Å². The molecule has 0 saturated carbocycles. The van der Waals surface area contributed by atoms with Gasteiger partial charge in [0.2, 0.25) is 0 Å². The molecular formula is C12H12N6O2. The van der Waals surface area contributed by atoms with E-state index >= 15 is 0 Å². The van der Waals surface area contributed by atoms with Crippen LogP contribution in [0.1, 0.15) is 12.0 Å². The summed E-state index contributed by atoms with van der Waals surface area (Å²) >= 11 is 0. The SMILES string of the molecule is N#Cc1cccc(NCCCn2ccnn2)c1[N+](=O)[O-]. The average Bonchev–Trinajstić information content (AvgIpc) is 2.96. The summed E-state index contributed by atoms with van der Waals surface area (Å²) in [6.07, 6.45) is 4.07.